The van der Waals surface area contributed by atoms with Crippen LogP contribution in [0.4, 0.5) is 8.78 Å². The molecule has 2 fully saturated rings. The molecule has 0 amide bonds. The number of thioether (sulfide) groups is 1. The molecule has 2 saturated carbocycles. The number of hydrogen-bond donors (Lipinski definition) is 1. The van der Waals surface area contributed by atoms with Gasteiger partial charge in [0.25, 0.3) is 0 Å². The van der Waals surface area contributed by atoms with Gasteiger partial charge in [0.15, 0.2) is 11.6 Å². The molecular weight excluding hydrogens is 514 g/mol. The topological polar surface area (TPSA) is 125 Å². The smallest absolute Gasteiger partial charge is 0.312 e. The first-order valence-corrected chi connectivity index (χ1v) is 12.8. The zero-order valence-corrected chi connectivity index (χ0v) is 21.7. The molecule has 3 rings (SSSR count). The summed E-state index contributed by atoms with van der Waals surface area (Å²) in [6.07, 6.45) is -1.09. The van der Waals surface area contributed by atoms with E-state index < -0.39 is 96.6 Å². The molecule has 0 aliphatic heterocycles. The first-order valence-electron chi connectivity index (χ1n) is 11.9. The molecule has 2 aliphatic carbocycles. The number of hydrogen-bond acceptors (Lipinski definition) is 10. The zero-order valence-electron chi connectivity index (χ0n) is 20.8. The van der Waals surface area contributed by atoms with E-state index >= 15 is 0 Å². The van der Waals surface area contributed by atoms with E-state index in [9.17, 15) is 33.1 Å². The predicted octanol–water partition coefficient (Wildman–Crippen LogP) is 2.93. The van der Waals surface area contributed by atoms with Gasteiger partial charge in [0.2, 0.25) is 13.6 Å². The predicted molar refractivity (Wildman–Crippen MR) is 124 cm³/mol. The van der Waals surface area contributed by atoms with Gasteiger partial charge in [-0.2, -0.15) is 0 Å². The summed E-state index contributed by atoms with van der Waals surface area (Å²) in [5.41, 5.74) is 0. The third-order valence-electron chi connectivity index (χ3n) is 6.47. The minimum atomic E-state index is -1.09. The van der Waals surface area contributed by atoms with Crippen LogP contribution in [0.25, 0.3) is 0 Å². The molecular formula is C25H30F2O9S. The van der Waals surface area contributed by atoms with Crippen molar-refractivity contribution in [2.75, 3.05) is 19.3 Å². The van der Waals surface area contributed by atoms with Crippen LogP contribution in [0.5, 0.6) is 0 Å². The molecule has 204 valence electrons. The summed E-state index contributed by atoms with van der Waals surface area (Å²) in [5, 5.41) is 11.0. The van der Waals surface area contributed by atoms with Crippen molar-refractivity contribution in [3.8, 4) is 0 Å². The summed E-state index contributed by atoms with van der Waals surface area (Å²) >= 11 is 1.12. The van der Waals surface area contributed by atoms with Gasteiger partial charge in [0.05, 0.1) is 29.8 Å². The Bertz CT molecular complexity index is 1030. The highest BCUT2D eigenvalue weighted by Crippen LogP contribution is 2.64. The standard InChI is InChI=1S/C25H30F2O9S/c1-11(2)22(29)33-9-35-24(31)17-14(8-37-13-5-6-15(26)16(27)7-13)21(28)19-18(17)20(19)25(32)36-10-34-23(30)12(3)4/h5-7,11-12,14,17-21,28H,8-10H2,1-4H3/t14-,17+,18-,19+,20+,21+/m0/s1. The van der Waals surface area contributed by atoms with Crippen LogP contribution in [0.1, 0.15) is 27.7 Å². The Morgan fingerprint density at radius 2 is 1.38 bits per heavy atom. The highest BCUT2D eigenvalue weighted by atomic mass is 32.2. The maximum atomic E-state index is 13.6. The van der Waals surface area contributed by atoms with Crippen molar-refractivity contribution in [3.05, 3.63) is 29.8 Å². The second-order valence-electron chi connectivity index (χ2n) is 9.65. The lowest BCUT2D eigenvalue weighted by molar-refractivity contribution is -0.174. The van der Waals surface area contributed by atoms with Gasteiger partial charge in [-0.1, -0.05) is 27.7 Å². The third-order valence-corrected chi connectivity index (χ3v) is 7.61. The lowest BCUT2D eigenvalue weighted by Crippen LogP contribution is -2.36. The number of halogens is 2. The van der Waals surface area contributed by atoms with Crippen LogP contribution in [0.15, 0.2) is 23.1 Å². The van der Waals surface area contributed by atoms with Crippen molar-refractivity contribution in [1.29, 1.82) is 0 Å². The summed E-state index contributed by atoms with van der Waals surface area (Å²) in [6, 6.07) is 3.37. The number of carbonyl (C=O) groups excluding carboxylic acids is 4. The average molecular weight is 545 g/mol. The quantitative estimate of drug-likeness (QED) is 0.253. The summed E-state index contributed by atoms with van der Waals surface area (Å²) < 4.78 is 46.8. The fraction of sp³-hybridized carbons (Fsp3) is 0.600. The second kappa shape index (κ2) is 12.2. The zero-order chi connectivity index (χ0) is 27.4. The van der Waals surface area contributed by atoms with E-state index in [1.165, 1.54) is 6.07 Å². The summed E-state index contributed by atoms with van der Waals surface area (Å²) in [7, 11) is 0. The molecule has 1 N–H and O–H groups in total. The van der Waals surface area contributed by atoms with E-state index in [0.29, 0.717) is 4.90 Å². The first-order chi connectivity index (χ1) is 17.4. The highest BCUT2D eigenvalue weighted by Gasteiger charge is 2.72. The Labute approximate surface area is 217 Å². The first kappa shape index (κ1) is 28.8. The van der Waals surface area contributed by atoms with E-state index in [0.717, 1.165) is 23.9 Å². The summed E-state index contributed by atoms with van der Waals surface area (Å²) in [4.78, 5) is 49.2. The lowest BCUT2D eigenvalue weighted by atomic mass is 9.88. The largest absolute Gasteiger partial charge is 0.428 e. The third kappa shape index (κ3) is 6.78. The molecule has 2 aliphatic rings. The van der Waals surface area contributed by atoms with Crippen molar-refractivity contribution >= 4 is 35.6 Å². The van der Waals surface area contributed by atoms with Crippen LogP contribution in [0.3, 0.4) is 0 Å². The minimum Gasteiger partial charge on any atom is -0.428 e. The molecule has 0 bridgehead atoms. The molecule has 0 aromatic heterocycles. The molecule has 0 unspecified atom stereocenters. The molecule has 12 heteroatoms. The van der Waals surface area contributed by atoms with Crippen molar-refractivity contribution in [2.24, 2.45) is 41.4 Å². The highest BCUT2D eigenvalue weighted by molar-refractivity contribution is 7.99. The van der Waals surface area contributed by atoms with Crippen LogP contribution in [-0.2, 0) is 38.1 Å². The van der Waals surface area contributed by atoms with Crippen LogP contribution in [0.2, 0.25) is 0 Å². The Balaban J connectivity index is 1.67. The number of aliphatic hydroxyl groups excluding tert-OH is 1. The molecule has 0 saturated heterocycles. The van der Waals surface area contributed by atoms with Gasteiger partial charge in [-0.15, -0.1) is 11.8 Å². The fourth-order valence-electron chi connectivity index (χ4n) is 4.47. The van der Waals surface area contributed by atoms with Gasteiger partial charge in [-0.3, -0.25) is 19.2 Å². The molecule has 0 radical (unpaired) electrons. The van der Waals surface area contributed by atoms with Crippen molar-refractivity contribution in [1.82, 2.24) is 0 Å². The molecule has 37 heavy (non-hydrogen) atoms. The fourth-order valence-corrected chi connectivity index (χ4v) is 5.61. The van der Waals surface area contributed by atoms with Gasteiger partial charge < -0.3 is 24.1 Å². The van der Waals surface area contributed by atoms with Crippen molar-refractivity contribution < 1.29 is 52.0 Å². The van der Waals surface area contributed by atoms with E-state index in [-0.39, 0.29) is 5.75 Å². The van der Waals surface area contributed by atoms with Gasteiger partial charge in [-0.25, -0.2) is 8.78 Å². The molecule has 0 spiro atoms. The van der Waals surface area contributed by atoms with Crippen molar-refractivity contribution in [3.63, 3.8) is 0 Å². The number of fused-ring (bicyclic) bond motifs is 1. The van der Waals surface area contributed by atoms with Crippen molar-refractivity contribution in [2.45, 2.75) is 38.7 Å². The average Bonchev–Trinajstić information content (AvgIpc) is 3.50. The lowest BCUT2D eigenvalue weighted by Gasteiger charge is -2.25. The SMILES string of the molecule is CC(C)C(=O)OCOC(=O)[C@@H]1[C@H](CSc2ccc(F)c(F)c2)[C@@H](O)[C@H]2[C@H](C(=O)OCOC(=O)C(C)C)[C@@H]12. The maximum absolute atomic E-state index is 13.6. The van der Waals surface area contributed by atoms with E-state index in [1.807, 2.05) is 0 Å². The van der Waals surface area contributed by atoms with Gasteiger partial charge in [-0.05, 0) is 24.1 Å². The van der Waals surface area contributed by atoms with Gasteiger partial charge in [0.1, 0.15) is 0 Å². The maximum Gasteiger partial charge on any atom is 0.312 e. The Morgan fingerprint density at radius 3 is 1.89 bits per heavy atom. The summed E-state index contributed by atoms with van der Waals surface area (Å²) in [5.74, 6) is -8.92. The van der Waals surface area contributed by atoms with Crippen LogP contribution >= 0.6 is 11.8 Å². The number of esters is 4. The monoisotopic (exact) mass is 544 g/mol. The molecule has 1 aromatic rings. The molecule has 1 aromatic carbocycles. The Kier molecular flexibility index (Phi) is 9.51. The van der Waals surface area contributed by atoms with Crippen LogP contribution < -0.4 is 0 Å². The van der Waals surface area contributed by atoms with Gasteiger partial charge in [0, 0.05) is 22.5 Å². The van der Waals surface area contributed by atoms with Crippen LogP contribution in [-0.4, -0.2) is 54.4 Å². The molecule has 0 heterocycles. The second-order valence-corrected chi connectivity index (χ2v) is 10.7. The molecule has 6 atom stereocenters. The van der Waals surface area contributed by atoms with Crippen LogP contribution in [0, 0.1) is 53.1 Å². The number of benzene rings is 1. The van der Waals surface area contributed by atoms with E-state index in [1.54, 1.807) is 27.7 Å². The summed E-state index contributed by atoms with van der Waals surface area (Å²) in [6.45, 7) is 5.28. The molecule has 9 nitrogen and oxygen atoms in total. The number of ether oxygens (including phenoxy) is 4. The van der Waals surface area contributed by atoms with E-state index in [4.69, 9.17) is 18.9 Å². The normalized spacial score (nSPS) is 26.0. The minimum absolute atomic E-state index is 0.151. The number of carbonyl (C=O) groups is 4. The Morgan fingerprint density at radius 1 is 0.838 bits per heavy atom. The van der Waals surface area contributed by atoms with E-state index in [2.05, 4.69) is 0 Å². The number of aliphatic hydroxyl groups is 1. The Hall–Kier alpha value is -2.73. The number of rotatable bonds is 11. The van der Waals surface area contributed by atoms with Gasteiger partial charge >= 0.3 is 23.9 Å².